The summed E-state index contributed by atoms with van der Waals surface area (Å²) in [5.74, 6) is 0.887. The van der Waals surface area contributed by atoms with Crippen LogP contribution in [0.5, 0.6) is 0 Å². The zero-order valence-electron chi connectivity index (χ0n) is 16.2. The molecule has 7 nitrogen and oxygen atoms in total. The molecule has 2 aromatic heterocycles. The molecule has 0 atom stereocenters. The van der Waals surface area contributed by atoms with E-state index in [1.165, 1.54) is 22.0 Å². The second-order valence-electron chi connectivity index (χ2n) is 6.66. The number of aryl methyl sites for hydroxylation is 2. The highest BCUT2D eigenvalue weighted by atomic mass is 15.2. The molecule has 0 saturated carbocycles. The van der Waals surface area contributed by atoms with Crippen LogP contribution in [0.4, 0.5) is 0 Å². The first-order valence-electron chi connectivity index (χ1n) is 9.68. The smallest absolute Gasteiger partial charge is 0.191 e. The molecule has 1 aromatic carbocycles. The Hall–Kier alpha value is -2.83. The number of H-pyrrole nitrogens is 1. The van der Waals surface area contributed by atoms with Crippen molar-refractivity contribution >= 4 is 16.9 Å². The Morgan fingerprint density at radius 3 is 2.85 bits per heavy atom. The fourth-order valence-electron chi connectivity index (χ4n) is 3.16. The zero-order valence-corrected chi connectivity index (χ0v) is 16.2. The summed E-state index contributed by atoms with van der Waals surface area (Å²) in [5.41, 5.74) is 3.86. The Morgan fingerprint density at radius 1 is 1.19 bits per heavy atom. The van der Waals surface area contributed by atoms with Crippen LogP contribution in [0.15, 0.2) is 42.0 Å². The van der Waals surface area contributed by atoms with E-state index in [1.807, 2.05) is 4.57 Å². The van der Waals surface area contributed by atoms with Crippen molar-refractivity contribution in [3.05, 3.63) is 48.2 Å². The topological polar surface area (TPSA) is 82.9 Å². The van der Waals surface area contributed by atoms with Crippen LogP contribution in [0.1, 0.15) is 30.9 Å². The molecular weight excluding hydrogens is 338 g/mol. The number of nitrogens with one attached hydrogen (secondary N) is 3. The molecular formula is C20H29N7. The molecule has 0 fully saturated rings. The van der Waals surface area contributed by atoms with E-state index in [4.69, 9.17) is 0 Å². The predicted molar refractivity (Wildman–Crippen MR) is 110 cm³/mol. The Balaban J connectivity index is 1.45. The van der Waals surface area contributed by atoms with Crippen LogP contribution < -0.4 is 10.6 Å². The minimum atomic E-state index is 0.809. The van der Waals surface area contributed by atoms with Crippen molar-refractivity contribution in [2.24, 2.45) is 4.99 Å². The molecule has 0 radical (unpaired) electrons. The number of aromatic amines is 1. The van der Waals surface area contributed by atoms with E-state index in [0.29, 0.717) is 0 Å². The maximum atomic E-state index is 4.67. The summed E-state index contributed by atoms with van der Waals surface area (Å²) in [7, 11) is 0. The highest BCUT2D eigenvalue weighted by molar-refractivity contribution is 5.86. The molecule has 0 aliphatic carbocycles. The van der Waals surface area contributed by atoms with E-state index >= 15 is 0 Å². The monoisotopic (exact) mass is 367 g/mol. The number of guanidine groups is 1. The van der Waals surface area contributed by atoms with Crippen molar-refractivity contribution in [2.45, 2.75) is 39.7 Å². The lowest BCUT2D eigenvalue weighted by atomic mass is 10.1. The molecule has 0 spiro atoms. The normalized spacial score (nSPS) is 11.9. The Kier molecular flexibility index (Phi) is 6.84. The summed E-state index contributed by atoms with van der Waals surface area (Å²) < 4.78 is 2.00. The summed E-state index contributed by atoms with van der Waals surface area (Å²) in [6.07, 6.45) is 8.68. The Bertz CT molecular complexity index is 848. The standard InChI is InChI=1S/C20H29N7/c1-3-21-20(22-10-4-5-12-27-14-25-26-15-27)23-11-9-17-13-24-19-16(2)7-6-8-18(17)19/h6-8,13-15,24H,3-5,9-12H2,1-2H3,(H2,21,22,23). The molecule has 3 N–H and O–H groups in total. The molecule has 144 valence electrons. The van der Waals surface area contributed by atoms with Gasteiger partial charge in [0.1, 0.15) is 12.7 Å². The number of benzene rings is 1. The predicted octanol–water partition coefficient (Wildman–Crippen LogP) is 2.65. The number of aliphatic imine (C=N–C) groups is 1. The van der Waals surface area contributed by atoms with Gasteiger partial charge in [0.2, 0.25) is 0 Å². The molecule has 0 aliphatic rings. The van der Waals surface area contributed by atoms with Gasteiger partial charge in [0.05, 0.1) is 0 Å². The van der Waals surface area contributed by atoms with Crippen molar-refractivity contribution in [3.63, 3.8) is 0 Å². The van der Waals surface area contributed by atoms with E-state index in [1.54, 1.807) is 12.7 Å². The second kappa shape index (κ2) is 9.75. The molecule has 3 aromatic rings. The van der Waals surface area contributed by atoms with Crippen molar-refractivity contribution in [3.8, 4) is 0 Å². The first-order valence-corrected chi connectivity index (χ1v) is 9.68. The summed E-state index contributed by atoms with van der Waals surface area (Å²) in [5, 5.41) is 15.7. The molecule has 0 saturated heterocycles. The maximum Gasteiger partial charge on any atom is 0.191 e. The number of hydrogen-bond donors (Lipinski definition) is 3. The van der Waals surface area contributed by atoms with Gasteiger partial charge in [0.25, 0.3) is 0 Å². The van der Waals surface area contributed by atoms with E-state index < -0.39 is 0 Å². The number of hydrogen-bond acceptors (Lipinski definition) is 3. The number of unbranched alkanes of at least 4 members (excludes halogenated alkanes) is 1. The van der Waals surface area contributed by atoms with Gasteiger partial charge in [-0.25, -0.2) is 0 Å². The van der Waals surface area contributed by atoms with Gasteiger partial charge in [-0.15, -0.1) is 10.2 Å². The largest absolute Gasteiger partial charge is 0.361 e. The van der Waals surface area contributed by atoms with Gasteiger partial charge in [-0.2, -0.15) is 0 Å². The first kappa shape index (κ1) is 18.9. The third-order valence-electron chi connectivity index (χ3n) is 4.60. The lowest BCUT2D eigenvalue weighted by Crippen LogP contribution is -2.38. The maximum absolute atomic E-state index is 4.67. The van der Waals surface area contributed by atoms with Crippen LogP contribution in [0.3, 0.4) is 0 Å². The zero-order chi connectivity index (χ0) is 18.9. The van der Waals surface area contributed by atoms with Crippen LogP contribution >= 0.6 is 0 Å². The van der Waals surface area contributed by atoms with Gasteiger partial charge in [0, 0.05) is 43.3 Å². The number of rotatable bonds is 9. The number of aromatic nitrogens is 4. The number of fused-ring (bicyclic) bond motifs is 1. The van der Waals surface area contributed by atoms with E-state index in [2.05, 4.69) is 69.1 Å². The first-order chi connectivity index (χ1) is 13.3. The molecule has 7 heteroatoms. The van der Waals surface area contributed by atoms with Gasteiger partial charge < -0.3 is 20.2 Å². The third-order valence-corrected chi connectivity index (χ3v) is 4.60. The summed E-state index contributed by atoms with van der Waals surface area (Å²) in [6, 6.07) is 6.44. The lowest BCUT2D eigenvalue weighted by Gasteiger charge is -2.11. The fraction of sp³-hybridized carbons (Fsp3) is 0.450. The quantitative estimate of drug-likeness (QED) is 0.308. The number of para-hydroxylation sites is 1. The summed E-state index contributed by atoms with van der Waals surface area (Å²) in [4.78, 5) is 8.07. The lowest BCUT2D eigenvalue weighted by molar-refractivity contribution is 0.611. The minimum absolute atomic E-state index is 0.809. The molecule has 0 aliphatic heterocycles. The van der Waals surface area contributed by atoms with E-state index in [-0.39, 0.29) is 0 Å². The van der Waals surface area contributed by atoms with Crippen LogP contribution in [0.25, 0.3) is 10.9 Å². The van der Waals surface area contributed by atoms with E-state index in [0.717, 1.165) is 51.4 Å². The average molecular weight is 368 g/mol. The SMILES string of the molecule is CCNC(=NCCCCn1cnnc1)NCCc1c[nH]c2c(C)cccc12. The van der Waals surface area contributed by atoms with Gasteiger partial charge in [-0.05, 0) is 44.2 Å². The van der Waals surface area contributed by atoms with Crippen molar-refractivity contribution in [2.75, 3.05) is 19.6 Å². The minimum Gasteiger partial charge on any atom is -0.361 e. The second-order valence-corrected chi connectivity index (χ2v) is 6.66. The van der Waals surface area contributed by atoms with Gasteiger partial charge in [0.15, 0.2) is 5.96 Å². The molecule has 3 rings (SSSR count). The van der Waals surface area contributed by atoms with Crippen LogP contribution in [-0.4, -0.2) is 45.3 Å². The highest BCUT2D eigenvalue weighted by Crippen LogP contribution is 2.21. The molecule has 27 heavy (non-hydrogen) atoms. The third kappa shape index (κ3) is 5.32. The molecule has 2 heterocycles. The van der Waals surface area contributed by atoms with Crippen molar-refractivity contribution in [1.29, 1.82) is 0 Å². The average Bonchev–Trinajstić information content (AvgIpc) is 3.32. The molecule has 0 unspecified atom stereocenters. The summed E-state index contributed by atoms with van der Waals surface area (Å²) in [6.45, 7) is 7.69. The van der Waals surface area contributed by atoms with Gasteiger partial charge in [-0.1, -0.05) is 18.2 Å². The Labute approximate surface area is 160 Å². The molecule has 0 bridgehead atoms. The van der Waals surface area contributed by atoms with Crippen LogP contribution in [0, 0.1) is 6.92 Å². The summed E-state index contributed by atoms with van der Waals surface area (Å²) >= 11 is 0. The van der Waals surface area contributed by atoms with Crippen molar-refractivity contribution < 1.29 is 0 Å². The van der Waals surface area contributed by atoms with Crippen molar-refractivity contribution in [1.82, 2.24) is 30.4 Å². The molecule has 0 amide bonds. The van der Waals surface area contributed by atoms with Gasteiger partial charge >= 0.3 is 0 Å². The fourth-order valence-corrected chi connectivity index (χ4v) is 3.16. The number of nitrogens with zero attached hydrogens (tertiary/aromatic N) is 4. The Morgan fingerprint density at radius 2 is 2.04 bits per heavy atom. The van der Waals surface area contributed by atoms with Crippen LogP contribution in [-0.2, 0) is 13.0 Å². The highest BCUT2D eigenvalue weighted by Gasteiger charge is 2.05. The van der Waals surface area contributed by atoms with Gasteiger partial charge in [-0.3, -0.25) is 4.99 Å². The van der Waals surface area contributed by atoms with Crippen LogP contribution in [0.2, 0.25) is 0 Å². The van der Waals surface area contributed by atoms with E-state index in [9.17, 15) is 0 Å².